The molecule has 0 amide bonds. The van der Waals surface area contributed by atoms with Crippen LogP contribution in [0.5, 0.6) is 0 Å². The van der Waals surface area contributed by atoms with E-state index >= 15 is 0 Å². The van der Waals surface area contributed by atoms with E-state index in [0.29, 0.717) is 5.92 Å². The Labute approximate surface area is 96.6 Å². The smallest absolute Gasteiger partial charge is 0.308 e. The summed E-state index contributed by atoms with van der Waals surface area (Å²) >= 11 is 0. The predicted octanol–water partition coefficient (Wildman–Crippen LogP) is 1.21. The van der Waals surface area contributed by atoms with Crippen LogP contribution in [0.4, 0.5) is 0 Å². The second-order valence-corrected chi connectivity index (χ2v) is 5.08. The Morgan fingerprint density at radius 1 is 1.31 bits per heavy atom. The van der Waals surface area contributed by atoms with Crippen molar-refractivity contribution in [2.75, 3.05) is 26.3 Å². The highest BCUT2D eigenvalue weighted by Crippen LogP contribution is 2.32. The summed E-state index contributed by atoms with van der Waals surface area (Å²) in [5.74, 6) is -0.138. The quantitative estimate of drug-likeness (QED) is 0.770. The number of morpholine rings is 1. The molecule has 4 heteroatoms. The second kappa shape index (κ2) is 5.15. The van der Waals surface area contributed by atoms with Crippen molar-refractivity contribution in [2.45, 2.75) is 32.2 Å². The largest absolute Gasteiger partial charge is 0.481 e. The molecule has 1 heterocycles. The number of ether oxygens (including phenoxy) is 1. The van der Waals surface area contributed by atoms with Crippen LogP contribution in [0.3, 0.4) is 0 Å². The Hall–Kier alpha value is -0.610. The highest BCUT2D eigenvalue weighted by Gasteiger charge is 2.37. The standard InChI is InChI=1S/C12H21NO3/c1-9-2-3-10(12(14)15)11(8-9)13-4-6-16-7-5-13/h9-11H,2-8H2,1H3,(H,14,15). The van der Waals surface area contributed by atoms with Gasteiger partial charge in [-0.2, -0.15) is 0 Å². The summed E-state index contributed by atoms with van der Waals surface area (Å²) in [4.78, 5) is 13.6. The van der Waals surface area contributed by atoms with Crippen LogP contribution in [0.2, 0.25) is 0 Å². The average molecular weight is 227 g/mol. The van der Waals surface area contributed by atoms with E-state index in [1.165, 1.54) is 0 Å². The lowest BCUT2D eigenvalue weighted by molar-refractivity contribution is -0.147. The topological polar surface area (TPSA) is 49.8 Å². The maximum Gasteiger partial charge on any atom is 0.308 e. The molecule has 2 fully saturated rings. The fourth-order valence-corrected chi connectivity index (χ4v) is 2.95. The molecule has 1 aliphatic carbocycles. The SMILES string of the molecule is CC1CCC(C(=O)O)C(N2CCOCC2)C1. The summed E-state index contributed by atoms with van der Waals surface area (Å²) in [6.45, 7) is 5.50. The molecule has 0 aromatic heterocycles. The lowest BCUT2D eigenvalue weighted by Crippen LogP contribution is -2.51. The van der Waals surface area contributed by atoms with Crippen molar-refractivity contribution < 1.29 is 14.6 Å². The van der Waals surface area contributed by atoms with Crippen molar-refractivity contribution in [2.24, 2.45) is 11.8 Å². The Balaban J connectivity index is 2.03. The first kappa shape index (κ1) is 11.9. The second-order valence-electron chi connectivity index (χ2n) is 5.08. The van der Waals surface area contributed by atoms with Gasteiger partial charge in [0.2, 0.25) is 0 Å². The molecule has 0 spiro atoms. The molecular formula is C12H21NO3. The number of nitrogens with zero attached hydrogens (tertiary/aromatic N) is 1. The van der Waals surface area contributed by atoms with Gasteiger partial charge in [-0.3, -0.25) is 9.69 Å². The third-order valence-electron chi connectivity index (χ3n) is 3.91. The van der Waals surface area contributed by atoms with Crippen molar-refractivity contribution in [3.8, 4) is 0 Å². The molecule has 1 aliphatic heterocycles. The van der Waals surface area contributed by atoms with Crippen LogP contribution in [-0.4, -0.2) is 48.3 Å². The average Bonchev–Trinajstić information content (AvgIpc) is 2.29. The van der Waals surface area contributed by atoms with Gasteiger partial charge in [0, 0.05) is 19.1 Å². The third-order valence-corrected chi connectivity index (χ3v) is 3.91. The minimum Gasteiger partial charge on any atom is -0.481 e. The molecule has 4 nitrogen and oxygen atoms in total. The van der Waals surface area contributed by atoms with E-state index in [2.05, 4.69) is 11.8 Å². The predicted molar refractivity (Wildman–Crippen MR) is 60.3 cm³/mol. The van der Waals surface area contributed by atoms with E-state index in [-0.39, 0.29) is 12.0 Å². The minimum atomic E-state index is -0.622. The molecule has 0 aromatic rings. The van der Waals surface area contributed by atoms with Gasteiger partial charge in [0.15, 0.2) is 0 Å². The van der Waals surface area contributed by atoms with Crippen molar-refractivity contribution in [1.82, 2.24) is 4.90 Å². The molecule has 3 atom stereocenters. The van der Waals surface area contributed by atoms with Gasteiger partial charge < -0.3 is 9.84 Å². The molecule has 0 bridgehead atoms. The fraction of sp³-hybridized carbons (Fsp3) is 0.917. The summed E-state index contributed by atoms with van der Waals surface area (Å²) in [6, 6.07) is 0.227. The molecule has 1 saturated carbocycles. The van der Waals surface area contributed by atoms with Gasteiger partial charge in [0.1, 0.15) is 0 Å². The summed E-state index contributed by atoms with van der Waals surface area (Å²) in [7, 11) is 0. The zero-order valence-corrected chi connectivity index (χ0v) is 9.89. The summed E-state index contributed by atoms with van der Waals surface area (Å²) in [5, 5.41) is 9.27. The van der Waals surface area contributed by atoms with Crippen LogP contribution in [-0.2, 0) is 9.53 Å². The van der Waals surface area contributed by atoms with E-state index in [9.17, 15) is 9.90 Å². The van der Waals surface area contributed by atoms with E-state index < -0.39 is 5.97 Å². The molecule has 0 aromatic carbocycles. The van der Waals surface area contributed by atoms with Gasteiger partial charge in [-0.15, -0.1) is 0 Å². The van der Waals surface area contributed by atoms with Gasteiger partial charge in [-0.25, -0.2) is 0 Å². The number of carboxylic acids is 1. The molecule has 1 N–H and O–H groups in total. The maximum absolute atomic E-state index is 11.3. The first-order valence-corrected chi connectivity index (χ1v) is 6.23. The van der Waals surface area contributed by atoms with Crippen molar-refractivity contribution in [3.63, 3.8) is 0 Å². The lowest BCUT2D eigenvalue weighted by atomic mass is 9.78. The molecule has 0 radical (unpaired) electrons. The number of aliphatic carboxylic acids is 1. The van der Waals surface area contributed by atoms with E-state index in [1.54, 1.807) is 0 Å². The number of carboxylic acid groups (broad SMARTS) is 1. The maximum atomic E-state index is 11.3. The van der Waals surface area contributed by atoms with Crippen LogP contribution in [0.15, 0.2) is 0 Å². The number of hydrogen-bond donors (Lipinski definition) is 1. The third kappa shape index (κ3) is 2.55. The Bertz CT molecular complexity index is 251. The van der Waals surface area contributed by atoms with E-state index in [4.69, 9.17) is 4.74 Å². The molecular weight excluding hydrogens is 206 g/mol. The minimum absolute atomic E-state index is 0.172. The number of hydrogen-bond acceptors (Lipinski definition) is 3. The number of rotatable bonds is 2. The van der Waals surface area contributed by atoms with Gasteiger partial charge >= 0.3 is 5.97 Å². The molecule has 92 valence electrons. The highest BCUT2D eigenvalue weighted by atomic mass is 16.5. The lowest BCUT2D eigenvalue weighted by Gasteiger charge is -2.41. The molecule has 1 saturated heterocycles. The molecule has 2 aliphatic rings. The fourth-order valence-electron chi connectivity index (χ4n) is 2.95. The van der Waals surface area contributed by atoms with Crippen LogP contribution in [0.25, 0.3) is 0 Å². The zero-order chi connectivity index (χ0) is 11.5. The molecule has 16 heavy (non-hydrogen) atoms. The van der Waals surface area contributed by atoms with Gasteiger partial charge in [0.25, 0.3) is 0 Å². The summed E-state index contributed by atoms with van der Waals surface area (Å²) < 4.78 is 5.32. The Kier molecular flexibility index (Phi) is 3.82. The zero-order valence-electron chi connectivity index (χ0n) is 9.89. The molecule has 3 unspecified atom stereocenters. The van der Waals surface area contributed by atoms with Crippen molar-refractivity contribution in [1.29, 1.82) is 0 Å². The van der Waals surface area contributed by atoms with Crippen LogP contribution >= 0.6 is 0 Å². The van der Waals surface area contributed by atoms with E-state index in [1.807, 2.05) is 0 Å². The first-order valence-electron chi connectivity index (χ1n) is 6.23. The van der Waals surface area contributed by atoms with Gasteiger partial charge in [-0.05, 0) is 25.2 Å². The van der Waals surface area contributed by atoms with Gasteiger partial charge in [0.05, 0.1) is 19.1 Å². The van der Waals surface area contributed by atoms with Crippen LogP contribution in [0.1, 0.15) is 26.2 Å². The highest BCUT2D eigenvalue weighted by molar-refractivity contribution is 5.71. The van der Waals surface area contributed by atoms with Crippen molar-refractivity contribution in [3.05, 3.63) is 0 Å². The Morgan fingerprint density at radius 2 is 2.00 bits per heavy atom. The first-order chi connectivity index (χ1) is 7.68. The number of carbonyl (C=O) groups is 1. The van der Waals surface area contributed by atoms with Gasteiger partial charge in [-0.1, -0.05) is 6.92 Å². The summed E-state index contributed by atoms with van der Waals surface area (Å²) in [6.07, 6.45) is 2.91. The van der Waals surface area contributed by atoms with Crippen LogP contribution < -0.4 is 0 Å². The monoisotopic (exact) mass is 227 g/mol. The summed E-state index contributed by atoms with van der Waals surface area (Å²) in [5.41, 5.74) is 0. The molecule has 2 rings (SSSR count). The van der Waals surface area contributed by atoms with E-state index in [0.717, 1.165) is 45.6 Å². The Morgan fingerprint density at radius 3 is 2.62 bits per heavy atom. The van der Waals surface area contributed by atoms with Crippen molar-refractivity contribution >= 4 is 5.97 Å². The van der Waals surface area contributed by atoms with Crippen LogP contribution in [0, 0.1) is 11.8 Å². The normalized spacial score (nSPS) is 37.2.